The van der Waals surface area contributed by atoms with Gasteiger partial charge in [0.1, 0.15) is 0 Å². The van der Waals surface area contributed by atoms with Gasteiger partial charge in [0, 0.05) is 0 Å². The molecule has 1 heteroatoms. The average Bonchev–Trinajstić information content (AvgIpc) is 2.48. The van der Waals surface area contributed by atoms with Gasteiger partial charge in [-0.05, 0) is 48.5 Å². The zero-order valence-electron chi connectivity index (χ0n) is 12.5. The summed E-state index contributed by atoms with van der Waals surface area (Å²) in [5.74, 6) is 0. The van der Waals surface area contributed by atoms with Crippen molar-refractivity contribution in [1.29, 1.82) is 0 Å². The Morgan fingerprint density at radius 3 is 2.65 bits per heavy atom. The zero-order valence-corrected chi connectivity index (χ0v) is 12.5. The Balaban J connectivity index is 2.11. The summed E-state index contributed by atoms with van der Waals surface area (Å²) in [6, 6.07) is 8.67. The fourth-order valence-corrected chi connectivity index (χ4v) is 2.55. The van der Waals surface area contributed by atoms with Crippen LogP contribution in [0.1, 0.15) is 50.7 Å². The number of allylic oxidation sites excluding steroid dienone is 5. The summed E-state index contributed by atoms with van der Waals surface area (Å²) >= 11 is 0. The Morgan fingerprint density at radius 2 is 2.05 bits per heavy atom. The maximum Gasteiger partial charge on any atom is 0.0726 e. The monoisotopic (exact) mass is 268 g/mol. The Morgan fingerprint density at radius 1 is 1.30 bits per heavy atom. The highest BCUT2D eigenvalue weighted by Crippen LogP contribution is 2.25. The molecule has 1 atom stereocenters. The highest BCUT2D eigenvalue weighted by Gasteiger charge is 2.05. The molecule has 1 aromatic carbocycles. The van der Waals surface area contributed by atoms with E-state index in [-0.39, 0.29) is 6.10 Å². The third-order valence-corrected chi connectivity index (χ3v) is 3.75. The molecular weight excluding hydrogens is 244 g/mol. The third-order valence-electron chi connectivity index (χ3n) is 3.75. The van der Waals surface area contributed by atoms with Gasteiger partial charge in [0.05, 0.1) is 6.10 Å². The molecule has 1 unspecified atom stereocenters. The predicted octanol–water partition coefficient (Wildman–Crippen LogP) is 4.98. The second-order valence-corrected chi connectivity index (χ2v) is 5.44. The van der Waals surface area contributed by atoms with Crippen LogP contribution in [0.2, 0.25) is 0 Å². The van der Waals surface area contributed by atoms with Crippen molar-refractivity contribution < 1.29 is 5.11 Å². The van der Waals surface area contributed by atoms with E-state index in [2.05, 4.69) is 56.3 Å². The number of rotatable bonds is 5. The van der Waals surface area contributed by atoms with Gasteiger partial charge in [0.2, 0.25) is 0 Å². The number of hydrogen-bond acceptors (Lipinski definition) is 1. The molecule has 0 bridgehead atoms. The number of aliphatic hydroxyl groups is 1. The first-order valence-corrected chi connectivity index (χ1v) is 7.53. The van der Waals surface area contributed by atoms with Crippen LogP contribution >= 0.6 is 0 Å². The molecule has 0 spiro atoms. The first-order valence-electron chi connectivity index (χ1n) is 7.53. The quantitative estimate of drug-likeness (QED) is 0.798. The van der Waals surface area contributed by atoms with Gasteiger partial charge in [-0.3, -0.25) is 0 Å². The minimum absolute atomic E-state index is 0.328. The van der Waals surface area contributed by atoms with Crippen LogP contribution in [-0.2, 0) is 0 Å². The number of aliphatic hydroxyl groups excluding tert-OH is 1. The second-order valence-electron chi connectivity index (χ2n) is 5.44. The molecule has 0 saturated carbocycles. The van der Waals surface area contributed by atoms with Crippen molar-refractivity contribution >= 4 is 11.1 Å². The first-order chi connectivity index (χ1) is 9.70. The molecule has 106 valence electrons. The van der Waals surface area contributed by atoms with Crippen LogP contribution < -0.4 is 0 Å². The molecule has 0 radical (unpaired) electrons. The van der Waals surface area contributed by atoms with Gasteiger partial charge in [0.25, 0.3) is 0 Å². The van der Waals surface area contributed by atoms with Crippen LogP contribution in [0.3, 0.4) is 0 Å². The van der Waals surface area contributed by atoms with Crippen molar-refractivity contribution in [2.45, 2.75) is 45.6 Å². The van der Waals surface area contributed by atoms with E-state index in [1.54, 1.807) is 0 Å². The van der Waals surface area contributed by atoms with E-state index in [4.69, 9.17) is 0 Å². The Kier molecular flexibility index (Phi) is 5.37. The van der Waals surface area contributed by atoms with E-state index in [0.717, 1.165) is 31.3 Å². The lowest BCUT2D eigenvalue weighted by Gasteiger charge is -2.11. The fourth-order valence-electron chi connectivity index (χ4n) is 2.55. The van der Waals surface area contributed by atoms with E-state index >= 15 is 0 Å². The van der Waals surface area contributed by atoms with Gasteiger partial charge in [-0.2, -0.15) is 0 Å². The molecular formula is C19H24O. The normalized spacial score (nSPS) is 16.9. The van der Waals surface area contributed by atoms with Crippen LogP contribution in [0.5, 0.6) is 0 Å². The van der Waals surface area contributed by atoms with Crippen molar-refractivity contribution in [3.8, 4) is 0 Å². The Labute approximate surface area is 122 Å². The van der Waals surface area contributed by atoms with Crippen LogP contribution in [0.15, 0.2) is 48.6 Å². The van der Waals surface area contributed by atoms with E-state index in [0.29, 0.717) is 0 Å². The first kappa shape index (κ1) is 14.8. The smallest absolute Gasteiger partial charge is 0.0726 e. The van der Waals surface area contributed by atoms with Crippen molar-refractivity contribution in [2.75, 3.05) is 0 Å². The summed E-state index contributed by atoms with van der Waals surface area (Å²) in [6.45, 7) is 4.16. The standard InChI is InChI=1S/C19H24O/c1-3-7-19(20)14-15(2)16-10-12-18(13-11-16)17-8-5-4-6-9-17/h4-5,8,10-14,19-20H,3,6-7,9H2,1-2H3/b15-14+. The minimum Gasteiger partial charge on any atom is -0.389 e. The fraction of sp³-hybridized carbons (Fsp3) is 0.368. The molecule has 1 N–H and O–H groups in total. The predicted molar refractivity (Wildman–Crippen MR) is 87.4 cm³/mol. The van der Waals surface area contributed by atoms with Crippen LogP contribution in [0, 0.1) is 0 Å². The van der Waals surface area contributed by atoms with E-state index < -0.39 is 0 Å². The molecule has 1 nitrogen and oxygen atoms in total. The van der Waals surface area contributed by atoms with Crippen LogP contribution in [0.25, 0.3) is 11.1 Å². The van der Waals surface area contributed by atoms with Gasteiger partial charge < -0.3 is 5.11 Å². The van der Waals surface area contributed by atoms with E-state index in [1.165, 1.54) is 16.7 Å². The summed E-state index contributed by atoms with van der Waals surface area (Å²) in [5, 5.41) is 9.85. The maximum absolute atomic E-state index is 9.85. The van der Waals surface area contributed by atoms with Gasteiger partial charge in [-0.1, -0.05) is 61.9 Å². The van der Waals surface area contributed by atoms with Crippen molar-refractivity contribution in [2.24, 2.45) is 0 Å². The van der Waals surface area contributed by atoms with Crippen molar-refractivity contribution in [3.63, 3.8) is 0 Å². The van der Waals surface area contributed by atoms with E-state index in [1.807, 2.05) is 6.08 Å². The molecule has 2 rings (SSSR count). The molecule has 1 aliphatic carbocycles. The molecule has 0 fully saturated rings. The lowest BCUT2D eigenvalue weighted by atomic mass is 9.95. The Hall–Kier alpha value is -1.60. The number of benzene rings is 1. The molecule has 1 aliphatic rings. The van der Waals surface area contributed by atoms with Gasteiger partial charge >= 0.3 is 0 Å². The van der Waals surface area contributed by atoms with E-state index in [9.17, 15) is 5.11 Å². The number of hydrogen-bond donors (Lipinski definition) is 1. The lowest BCUT2D eigenvalue weighted by molar-refractivity contribution is 0.212. The minimum atomic E-state index is -0.328. The summed E-state index contributed by atoms with van der Waals surface area (Å²) in [5.41, 5.74) is 5.05. The summed E-state index contributed by atoms with van der Waals surface area (Å²) < 4.78 is 0. The van der Waals surface area contributed by atoms with Crippen LogP contribution in [0.4, 0.5) is 0 Å². The lowest BCUT2D eigenvalue weighted by Crippen LogP contribution is -2.01. The summed E-state index contributed by atoms with van der Waals surface area (Å²) in [6.07, 6.45) is 12.3. The Bertz CT molecular complexity index is 517. The SMILES string of the molecule is CCCC(O)/C=C(\C)c1ccc(C2=CC=CCC2)cc1. The molecule has 0 saturated heterocycles. The second kappa shape index (κ2) is 7.25. The molecule has 0 amide bonds. The zero-order chi connectivity index (χ0) is 14.4. The van der Waals surface area contributed by atoms with Crippen molar-refractivity contribution in [3.05, 3.63) is 59.7 Å². The summed E-state index contributed by atoms with van der Waals surface area (Å²) in [7, 11) is 0. The molecule has 0 aliphatic heterocycles. The third kappa shape index (κ3) is 3.94. The van der Waals surface area contributed by atoms with Crippen LogP contribution in [-0.4, -0.2) is 11.2 Å². The maximum atomic E-state index is 9.85. The highest BCUT2D eigenvalue weighted by molar-refractivity contribution is 5.71. The van der Waals surface area contributed by atoms with Gasteiger partial charge in [-0.15, -0.1) is 0 Å². The van der Waals surface area contributed by atoms with Gasteiger partial charge in [-0.25, -0.2) is 0 Å². The molecule has 0 heterocycles. The van der Waals surface area contributed by atoms with Crippen molar-refractivity contribution in [1.82, 2.24) is 0 Å². The molecule has 0 aromatic heterocycles. The summed E-state index contributed by atoms with van der Waals surface area (Å²) in [4.78, 5) is 0. The molecule has 1 aromatic rings. The average molecular weight is 268 g/mol. The topological polar surface area (TPSA) is 20.2 Å². The highest BCUT2D eigenvalue weighted by atomic mass is 16.3. The van der Waals surface area contributed by atoms with Gasteiger partial charge in [0.15, 0.2) is 0 Å². The molecule has 20 heavy (non-hydrogen) atoms. The largest absolute Gasteiger partial charge is 0.389 e.